The first kappa shape index (κ1) is 26.0. The number of aromatic hydroxyl groups is 1. The average molecular weight is 457 g/mol. The van der Waals surface area contributed by atoms with Gasteiger partial charge in [-0.25, -0.2) is 4.79 Å². The third-order valence-corrected chi connectivity index (χ3v) is 5.34. The fourth-order valence-electron chi connectivity index (χ4n) is 3.50. The molecule has 8 N–H and O–H groups in total. The van der Waals surface area contributed by atoms with Crippen LogP contribution in [0.3, 0.4) is 0 Å². The van der Waals surface area contributed by atoms with Gasteiger partial charge in [-0.3, -0.25) is 14.5 Å². The molecule has 2 rings (SSSR count). The normalized spacial score (nSPS) is 13.7. The second-order valence-electron chi connectivity index (χ2n) is 7.96. The summed E-state index contributed by atoms with van der Waals surface area (Å²) in [6.45, 7) is 0.435. The lowest BCUT2D eigenvalue weighted by Crippen LogP contribution is -2.59. The van der Waals surface area contributed by atoms with E-state index in [2.05, 4.69) is 0 Å². The van der Waals surface area contributed by atoms with Gasteiger partial charge in [0, 0.05) is 6.42 Å². The number of nitrogens with zero attached hydrogens (tertiary/aromatic N) is 1. The Morgan fingerprint density at radius 2 is 1.39 bits per heavy atom. The molecule has 0 fully saturated rings. The van der Waals surface area contributed by atoms with Gasteiger partial charge in [-0.2, -0.15) is 0 Å². The fourth-order valence-corrected chi connectivity index (χ4v) is 3.50. The number of carboxylic acid groups (broad SMARTS) is 1. The summed E-state index contributed by atoms with van der Waals surface area (Å²) in [5.41, 5.74) is 19.0. The number of carbonyl (C=O) groups is 3. The van der Waals surface area contributed by atoms with Crippen molar-refractivity contribution in [2.75, 3.05) is 6.54 Å². The van der Waals surface area contributed by atoms with E-state index in [9.17, 15) is 24.6 Å². The Balaban J connectivity index is 2.33. The molecule has 0 heterocycles. The minimum atomic E-state index is -1.50. The molecule has 0 aromatic heterocycles. The van der Waals surface area contributed by atoms with Gasteiger partial charge in [0.15, 0.2) is 0 Å². The van der Waals surface area contributed by atoms with Gasteiger partial charge >= 0.3 is 5.97 Å². The third-order valence-electron chi connectivity index (χ3n) is 5.34. The van der Waals surface area contributed by atoms with Crippen molar-refractivity contribution >= 4 is 17.8 Å². The van der Waals surface area contributed by atoms with Gasteiger partial charge in [0.05, 0.1) is 12.1 Å². The second-order valence-corrected chi connectivity index (χ2v) is 7.96. The summed E-state index contributed by atoms with van der Waals surface area (Å²) < 4.78 is 0. The summed E-state index contributed by atoms with van der Waals surface area (Å²) in [6.07, 6.45) is 1.47. The van der Waals surface area contributed by atoms with Gasteiger partial charge < -0.3 is 27.4 Å². The molecule has 0 aliphatic carbocycles. The molecule has 3 atom stereocenters. The molecule has 0 aliphatic rings. The molecule has 0 saturated carbocycles. The number of phenolic OH excluding ortho intramolecular Hbond substituents is 1. The molecule has 2 aromatic rings. The van der Waals surface area contributed by atoms with Crippen molar-refractivity contribution in [1.82, 2.24) is 4.90 Å². The lowest BCUT2D eigenvalue weighted by molar-refractivity contribution is -0.159. The van der Waals surface area contributed by atoms with Crippen molar-refractivity contribution in [3.05, 3.63) is 65.7 Å². The Kier molecular flexibility index (Phi) is 9.99. The number of phenols is 1. The molecular formula is C24H32N4O5. The third kappa shape index (κ3) is 7.67. The number of amides is 2. The largest absolute Gasteiger partial charge is 0.508 e. The minimum Gasteiger partial charge on any atom is -0.508 e. The highest BCUT2D eigenvalue weighted by Crippen LogP contribution is 2.17. The fraction of sp³-hybridized carbons (Fsp3) is 0.375. The molecule has 2 amide bonds. The zero-order valence-corrected chi connectivity index (χ0v) is 18.5. The molecule has 0 aliphatic heterocycles. The van der Waals surface area contributed by atoms with Gasteiger partial charge in [-0.15, -0.1) is 0 Å². The van der Waals surface area contributed by atoms with Crippen LogP contribution >= 0.6 is 0 Å². The molecule has 2 aromatic carbocycles. The lowest BCUT2D eigenvalue weighted by Gasteiger charge is -2.31. The summed E-state index contributed by atoms with van der Waals surface area (Å²) in [5.74, 6) is -2.93. The highest BCUT2D eigenvalue weighted by molar-refractivity contribution is 6.03. The Labute approximate surface area is 193 Å². The van der Waals surface area contributed by atoms with E-state index < -0.39 is 35.9 Å². The first-order valence-corrected chi connectivity index (χ1v) is 10.9. The number of carbonyl (C=O) groups excluding carboxylic acids is 2. The van der Waals surface area contributed by atoms with Crippen LogP contribution < -0.4 is 17.2 Å². The van der Waals surface area contributed by atoms with E-state index >= 15 is 0 Å². The van der Waals surface area contributed by atoms with Crippen molar-refractivity contribution in [3.63, 3.8) is 0 Å². The van der Waals surface area contributed by atoms with E-state index in [1.165, 1.54) is 24.3 Å². The van der Waals surface area contributed by atoms with Gasteiger partial charge in [-0.1, -0.05) is 48.9 Å². The zero-order valence-electron chi connectivity index (χ0n) is 18.5. The molecule has 178 valence electrons. The number of imide groups is 1. The number of hydrogen-bond acceptors (Lipinski definition) is 7. The predicted molar refractivity (Wildman–Crippen MR) is 124 cm³/mol. The number of nitrogens with two attached hydrogens (primary N) is 3. The van der Waals surface area contributed by atoms with Crippen LogP contribution in [0.5, 0.6) is 5.75 Å². The van der Waals surface area contributed by atoms with Crippen molar-refractivity contribution in [1.29, 1.82) is 0 Å². The summed E-state index contributed by atoms with van der Waals surface area (Å²) in [4.78, 5) is 39.4. The average Bonchev–Trinajstić information content (AvgIpc) is 2.80. The lowest BCUT2D eigenvalue weighted by atomic mass is 9.99. The van der Waals surface area contributed by atoms with E-state index in [4.69, 9.17) is 17.2 Å². The number of rotatable bonds is 12. The number of unbranched alkanes of at least 4 members (excludes halogenated alkanes) is 1. The van der Waals surface area contributed by atoms with Crippen molar-refractivity contribution in [2.45, 2.75) is 50.2 Å². The van der Waals surface area contributed by atoms with E-state index in [-0.39, 0.29) is 25.0 Å². The van der Waals surface area contributed by atoms with Crippen LogP contribution in [-0.2, 0) is 27.2 Å². The molecule has 0 bridgehead atoms. The van der Waals surface area contributed by atoms with Gasteiger partial charge in [0.1, 0.15) is 11.8 Å². The summed E-state index contributed by atoms with van der Waals surface area (Å²) in [5, 5.41) is 19.4. The van der Waals surface area contributed by atoms with E-state index in [1.807, 2.05) is 6.07 Å². The first-order valence-electron chi connectivity index (χ1n) is 10.9. The number of aliphatic carboxylic acids is 1. The molecule has 9 nitrogen and oxygen atoms in total. The second kappa shape index (κ2) is 12.7. The molecule has 0 radical (unpaired) electrons. The highest BCUT2D eigenvalue weighted by Gasteiger charge is 2.39. The zero-order chi connectivity index (χ0) is 24.4. The van der Waals surface area contributed by atoms with E-state index in [0.29, 0.717) is 29.8 Å². The first-order chi connectivity index (χ1) is 15.7. The smallest absolute Gasteiger partial charge is 0.327 e. The molecule has 0 saturated heterocycles. The SMILES string of the molecule is NCCCC[C@H](N)C(=O)N(C(=O)[C@@H](N)Cc1ccccc1)[C@@H](Cc1ccc(O)cc1)C(=O)O. The van der Waals surface area contributed by atoms with Crippen LogP contribution in [-0.4, -0.2) is 57.6 Å². The van der Waals surface area contributed by atoms with Crippen molar-refractivity contribution in [2.24, 2.45) is 17.2 Å². The maximum atomic E-state index is 13.3. The Morgan fingerprint density at radius 1 is 0.818 bits per heavy atom. The van der Waals surface area contributed by atoms with Gasteiger partial charge in [0.2, 0.25) is 11.8 Å². The van der Waals surface area contributed by atoms with Crippen molar-refractivity contribution < 1.29 is 24.6 Å². The number of carboxylic acids is 1. The Hall–Kier alpha value is -3.27. The van der Waals surface area contributed by atoms with Crippen LogP contribution in [0.4, 0.5) is 0 Å². The minimum absolute atomic E-state index is 0.0152. The number of benzene rings is 2. The molecule has 33 heavy (non-hydrogen) atoms. The van der Waals surface area contributed by atoms with E-state index in [1.54, 1.807) is 24.3 Å². The predicted octanol–water partition coefficient (Wildman–Crippen LogP) is 0.769. The molecular weight excluding hydrogens is 424 g/mol. The molecule has 0 spiro atoms. The summed E-state index contributed by atoms with van der Waals surface area (Å²) in [7, 11) is 0. The number of hydrogen-bond donors (Lipinski definition) is 5. The highest BCUT2D eigenvalue weighted by atomic mass is 16.4. The molecule has 0 unspecified atom stereocenters. The monoisotopic (exact) mass is 456 g/mol. The van der Waals surface area contributed by atoms with Crippen LogP contribution in [0.2, 0.25) is 0 Å². The quantitative estimate of drug-likeness (QED) is 0.291. The van der Waals surface area contributed by atoms with Crippen LogP contribution in [0.1, 0.15) is 30.4 Å². The van der Waals surface area contributed by atoms with Crippen molar-refractivity contribution in [3.8, 4) is 5.75 Å². The maximum absolute atomic E-state index is 13.3. The Morgan fingerprint density at radius 3 is 1.97 bits per heavy atom. The molecule has 9 heteroatoms. The maximum Gasteiger partial charge on any atom is 0.327 e. The van der Waals surface area contributed by atoms with Crippen LogP contribution in [0.15, 0.2) is 54.6 Å². The summed E-state index contributed by atoms with van der Waals surface area (Å²) >= 11 is 0. The van der Waals surface area contributed by atoms with Crippen LogP contribution in [0, 0.1) is 0 Å². The van der Waals surface area contributed by atoms with E-state index in [0.717, 1.165) is 5.56 Å². The standard InChI is InChI=1S/C24H32N4O5/c25-13-5-4-8-19(26)22(30)28(23(31)20(27)14-16-6-2-1-3-7-16)21(24(32)33)15-17-9-11-18(29)12-10-17/h1-3,6-7,9-12,19-21,29H,4-5,8,13-15,25-27H2,(H,32,33)/t19-,20-,21-/m0/s1. The van der Waals surface area contributed by atoms with Gasteiger partial charge in [-0.05, 0) is 49.1 Å². The Bertz CT molecular complexity index is 920. The topological polar surface area (TPSA) is 173 Å². The van der Waals surface area contributed by atoms with Gasteiger partial charge in [0.25, 0.3) is 0 Å². The summed E-state index contributed by atoms with van der Waals surface area (Å²) in [6, 6.07) is 11.2. The van der Waals surface area contributed by atoms with Crippen LogP contribution in [0.25, 0.3) is 0 Å².